The minimum Gasteiger partial charge on any atom is -0.299 e. The van der Waals surface area contributed by atoms with E-state index in [9.17, 15) is 4.79 Å². The maximum absolute atomic E-state index is 11.2. The Morgan fingerprint density at radius 2 is 1.46 bits per heavy atom. The van der Waals surface area contributed by atoms with Gasteiger partial charge in [-0.2, -0.15) is 0 Å². The zero-order chi connectivity index (χ0) is 10.8. The summed E-state index contributed by atoms with van der Waals surface area (Å²) in [6, 6.07) is 0. The van der Waals surface area contributed by atoms with Crippen molar-refractivity contribution in [1.82, 2.24) is 0 Å². The fourth-order valence-corrected chi connectivity index (χ4v) is 1.22. The van der Waals surface area contributed by atoms with Crippen LogP contribution in [0.2, 0.25) is 0 Å². The molecule has 1 nitrogen and oxygen atoms in total. The van der Waals surface area contributed by atoms with E-state index in [1.165, 1.54) is 11.1 Å². The molecule has 1 heteroatoms. The summed E-state index contributed by atoms with van der Waals surface area (Å²) in [6.45, 7) is 14.4. The molecule has 0 rings (SSSR count). The maximum atomic E-state index is 11.2. The Morgan fingerprint density at radius 1 is 1.08 bits per heavy atom. The SMILES string of the molecule is CC(=O)C(C)/C(C)=C(/C)C(C)(C)C. The van der Waals surface area contributed by atoms with E-state index in [2.05, 4.69) is 34.6 Å². The summed E-state index contributed by atoms with van der Waals surface area (Å²) < 4.78 is 0. The Hall–Kier alpha value is -0.590. The minimum absolute atomic E-state index is 0.0687. The van der Waals surface area contributed by atoms with Crippen LogP contribution in [0.15, 0.2) is 11.1 Å². The van der Waals surface area contributed by atoms with E-state index in [-0.39, 0.29) is 17.1 Å². The van der Waals surface area contributed by atoms with Gasteiger partial charge < -0.3 is 0 Å². The quantitative estimate of drug-likeness (QED) is 0.596. The van der Waals surface area contributed by atoms with Crippen LogP contribution in [0.4, 0.5) is 0 Å². The smallest absolute Gasteiger partial charge is 0.136 e. The third-order valence-corrected chi connectivity index (χ3v) is 2.98. The molecule has 0 aliphatic carbocycles. The second-order valence-corrected chi connectivity index (χ2v) is 4.89. The average molecular weight is 182 g/mol. The van der Waals surface area contributed by atoms with Crippen molar-refractivity contribution in [2.75, 3.05) is 0 Å². The lowest BCUT2D eigenvalue weighted by molar-refractivity contribution is -0.119. The summed E-state index contributed by atoms with van der Waals surface area (Å²) in [4.78, 5) is 11.2. The van der Waals surface area contributed by atoms with E-state index in [1.54, 1.807) is 6.92 Å². The zero-order valence-electron chi connectivity index (χ0n) is 9.99. The van der Waals surface area contributed by atoms with Gasteiger partial charge in [-0.1, -0.05) is 38.8 Å². The molecule has 1 atom stereocenters. The first-order chi connectivity index (χ1) is 5.68. The molecule has 0 fully saturated rings. The molecule has 0 amide bonds. The summed E-state index contributed by atoms with van der Waals surface area (Å²) >= 11 is 0. The predicted molar refractivity (Wildman–Crippen MR) is 57.7 cm³/mol. The van der Waals surface area contributed by atoms with E-state index in [0.717, 1.165) is 0 Å². The number of allylic oxidation sites excluding steroid dienone is 2. The van der Waals surface area contributed by atoms with E-state index in [1.807, 2.05) is 6.92 Å². The van der Waals surface area contributed by atoms with E-state index < -0.39 is 0 Å². The van der Waals surface area contributed by atoms with Crippen LogP contribution >= 0.6 is 0 Å². The lowest BCUT2D eigenvalue weighted by Crippen LogP contribution is -2.15. The molecule has 0 spiro atoms. The second kappa shape index (κ2) is 4.08. The highest BCUT2D eigenvalue weighted by molar-refractivity contribution is 5.80. The molecule has 0 aromatic heterocycles. The maximum Gasteiger partial charge on any atom is 0.136 e. The molecule has 0 aromatic carbocycles. The lowest BCUT2D eigenvalue weighted by atomic mass is 9.81. The van der Waals surface area contributed by atoms with Crippen LogP contribution < -0.4 is 0 Å². The van der Waals surface area contributed by atoms with Crippen LogP contribution in [0.3, 0.4) is 0 Å². The molecule has 0 saturated carbocycles. The highest BCUT2D eigenvalue weighted by Crippen LogP contribution is 2.30. The lowest BCUT2D eigenvalue weighted by Gasteiger charge is -2.24. The first-order valence-electron chi connectivity index (χ1n) is 4.86. The average Bonchev–Trinajstić information content (AvgIpc) is 1.98. The van der Waals surface area contributed by atoms with Gasteiger partial charge in [-0.05, 0) is 26.2 Å². The molecule has 0 radical (unpaired) electrons. The zero-order valence-corrected chi connectivity index (χ0v) is 9.99. The molecule has 0 aromatic rings. The van der Waals surface area contributed by atoms with Crippen molar-refractivity contribution in [1.29, 1.82) is 0 Å². The molecule has 13 heavy (non-hydrogen) atoms. The van der Waals surface area contributed by atoms with Gasteiger partial charge in [0, 0.05) is 5.92 Å². The van der Waals surface area contributed by atoms with Gasteiger partial charge in [-0.25, -0.2) is 0 Å². The number of hydrogen-bond acceptors (Lipinski definition) is 1. The Morgan fingerprint density at radius 3 is 1.69 bits per heavy atom. The van der Waals surface area contributed by atoms with Gasteiger partial charge in [0.05, 0.1) is 0 Å². The van der Waals surface area contributed by atoms with Crippen molar-refractivity contribution < 1.29 is 4.79 Å². The molecule has 0 aliphatic heterocycles. The Balaban J connectivity index is 4.93. The fraction of sp³-hybridized carbons (Fsp3) is 0.750. The summed E-state index contributed by atoms with van der Waals surface area (Å²) in [5, 5.41) is 0. The van der Waals surface area contributed by atoms with E-state index in [0.29, 0.717) is 0 Å². The van der Waals surface area contributed by atoms with Crippen LogP contribution in [-0.4, -0.2) is 5.78 Å². The third-order valence-electron chi connectivity index (χ3n) is 2.98. The molecule has 0 bridgehead atoms. The van der Waals surface area contributed by atoms with Gasteiger partial charge in [0.2, 0.25) is 0 Å². The number of hydrogen-bond donors (Lipinski definition) is 0. The Kier molecular flexibility index (Phi) is 3.89. The molecule has 1 unspecified atom stereocenters. The summed E-state index contributed by atoms with van der Waals surface area (Å²) in [6.07, 6.45) is 0. The van der Waals surface area contributed by atoms with Crippen molar-refractivity contribution in [3.05, 3.63) is 11.1 Å². The summed E-state index contributed by atoms with van der Waals surface area (Å²) in [5.41, 5.74) is 2.73. The van der Waals surface area contributed by atoms with Crippen LogP contribution in [0, 0.1) is 11.3 Å². The van der Waals surface area contributed by atoms with Crippen molar-refractivity contribution >= 4 is 5.78 Å². The largest absolute Gasteiger partial charge is 0.299 e. The summed E-state index contributed by atoms with van der Waals surface area (Å²) in [5.74, 6) is 0.320. The number of ketones is 1. The molecule has 0 heterocycles. The van der Waals surface area contributed by atoms with Gasteiger partial charge in [-0.3, -0.25) is 4.79 Å². The van der Waals surface area contributed by atoms with Gasteiger partial charge in [0.15, 0.2) is 0 Å². The van der Waals surface area contributed by atoms with Crippen molar-refractivity contribution in [2.45, 2.75) is 48.5 Å². The van der Waals surface area contributed by atoms with Crippen LogP contribution in [-0.2, 0) is 4.79 Å². The highest BCUT2D eigenvalue weighted by atomic mass is 16.1. The fourth-order valence-electron chi connectivity index (χ4n) is 1.22. The topological polar surface area (TPSA) is 17.1 Å². The number of Topliss-reactive ketones (excluding diaryl/α,β-unsaturated/α-hetero) is 1. The van der Waals surface area contributed by atoms with Crippen LogP contribution in [0.5, 0.6) is 0 Å². The van der Waals surface area contributed by atoms with Gasteiger partial charge in [-0.15, -0.1) is 0 Å². The number of carbonyl (C=O) groups is 1. The standard InChI is InChI=1S/C12H22O/c1-8(9(2)11(4)13)10(3)12(5,6)7/h9H,1-7H3/b10-8-. The van der Waals surface area contributed by atoms with Crippen molar-refractivity contribution in [3.63, 3.8) is 0 Å². The van der Waals surface area contributed by atoms with Crippen LogP contribution in [0.25, 0.3) is 0 Å². The molecular formula is C12H22O. The first-order valence-corrected chi connectivity index (χ1v) is 4.86. The molecule has 76 valence electrons. The number of rotatable bonds is 2. The predicted octanol–water partition coefficient (Wildman–Crippen LogP) is 3.59. The van der Waals surface area contributed by atoms with E-state index in [4.69, 9.17) is 0 Å². The highest BCUT2D eigenvalue weighted by Gasteiger charge is 2.19. The normalized spacial score (nSPS) is 16.5. The Labute approximate surface area is 82.2 Å². The molecule has 0 aliphatic rings. The van der Waals surface area contributed by atoms with E-state index >= 15 is 0 Å². The summed E-state index contributed by atoms with van der Waals surface area (Å²) in [7, 11) is 0. The van der Waals surface area contributed by atoms with Gasteiger partial charge in [0.1, 0.15) is 5.78 Å². The molecular weight excluding hydrogens is 160 g/mol. The second-order valence-electron chi connectivity index (χ2n) is 4.89. The number of carbonyl (C=O) groups excluding carboxylic acids is 1. The van der Waals surface area contributed by atoms with Crippen molar-refractivity contribution in [2.24, 2.45) is 11.3 Å². The Bertz CT molecular complexity index is 228. The molecule has 0 saturated heterocycles. The monoisotopic (exact) mass is 182 g/mol. The third kappa shape index (κ3) is 3.33. The van der Waals surface area contributed by atoms with Crippen LogP contribution in [0.1, 0.15) is 48.5 Å². The minimum atomic E-state index is 0.0687. The first kappa shape index (κ1) is 12.4. The van der Waals surface area contributed by atoms with Crippen molar-refractivity contribution in [3.8, 4) is 0 Å². The molecule has 0 N–H and O–H groups in total. The van der Waals surface area contributed by atoms with Gasteiger partial charge >= 0.3 is 0 Å². The van der Waals surface area contributed by atoms with Gasteiger partial charge in [0.25, 0.3) is 0 Å².